The van der Waals surface area contributed by atoms with E-state index in [-0.39, 0.29) is 12.0 Å². The van der Waals surface area contributed by atoms with Crippen LogP contribution in [0.3, 0.4) is 0 Å². The largest absolute Gasteiger partial charge is 0.467 e. The van der Waals surface area contributed by atoms with E-state index in [1.165, 1.54) is 7.11 Å². The Hall–Kier alpha value is -1.32. The molecule has 1 aromatic rings. The van der Waals surface area contributed by atoms with Gasteiger partial charge in [-0.15, -0.1) is 0 Å². The second-order valence-corrected chi connectivity index (χ2v) is 3.20. The third-order valence-electron chi connectivity index (χ3n) is 2.18. The average molecular weight is 196 g/mol. The van der Waals surface area contributed by atoms with Crippen LogP contribution in [-0.2, 0) is 16.0 Å². The number of nitrogens with zero attached hydrogens (tertiary/aromatic N) is 2. The van der Waals surface area contributed by atoms with Gasteiger partial charge in [-0.25, -0.2) is 9.78 Å². The molecule has 0 spiro atoms. The summed E-state index contributed by atoms with van der Waals surface area (Å²) in [7, 11) is 1.40. The molecule has 1 atom stereocenters. The zero-order valence-electron chi connectivity index (χ0n) is 8.86. The molecule has 0 radical (unpaired) electrons. The molecule has 0 saturated carbocycles. The lowest BCUT2D eigenvalue weighted by Gasteiger charge is -2.13. The Morgan fingerprint density at radius 2 is 2.43 bits per heavy atom. The Labute approximate surface area is 83.9 Å². The van der Waals surface area contributed by atoms with Crippen molar-refractivity contribution in [3.05, 3.63) is 18.2 Å². The molecule has 0 amide bonds. The first-order chi connectivity index (χ1) is 6.70. The molecule has 1 rings (SSSR count). The summed E-state index contributed by atoms with van der Waals surface area (Å²) in [5.41, 5.74) is 0. The summed E-state index contributed by atoms with van der Waals surface area (Å²) >= 11 is 0. The summed E-state index contributed by atoms with van der Waals surface area (Å²) in [4.78, 5) is 15.5. The van der Waals surface area contributed by atoms with E-state index in [4.69, 9.17) is 0 Å². The van der Waals surface area contributed by atoms with E-state index in [2.05, 4.69) is 16.6 Å². The molecule has 0 aliphatic heterocycles. The molecule has 0 bridgehead atoms. The standard InChI is InChI=1S/C10H16N2O2/c1-4-5-9-11-6-7-12(9)8(2)10(13)14-3/h6-8H,4-5H2,1-3H3/t8-/m1/s1. The Morgan fingerprint density at radius 1 is 1.71 bits per heavy atom. The lowest BCUT2D eigenvalue weighted by atomic mass is 10.3. The van der Waals surface area contributed by atoms with Gasteiger partial charge in [-0.3, -0.25) is 0 Å². The smallest absolute Gasteiger partial charge is 0.328 e. The molecule has 0 aliphatic rings. The van der Waals surface area contributed by atoms with E-state index in [1.807, 2.05) is 17.7 Å². The maximum atomic E-state index is 11.3. The normalized spacial score (nSPS) is 12.5. The van der Waals surface area contributed by atoms with E-state index in [1.54, 1.807) is 6.20 Å². The molecule has 0 saturated heterocycles. The average Bonchev–Trinajstić information content (AvgIpc) is 2.64. The number of hydrogen-bond donors (Lipinski definition) is 0. The lowest BCUT2D eigenvalue weighted by molar-refractivity contribution is -0.144. The molecule has 14 heavy (non-hydrogen) atoms. The van der Waals surface area contributed by atoms with E-state index in [0.717, 1.165) is 18.7 Å². The molecular weight excluding hydrogens is 180 g/mol. The topological polar surface area (TPSA) is 44.1 Å². The van der Waals surface area contributed by atoms with Crippen molar-refractivity contribution >= 4 is 5.97 Å². The van der Waals surface area contributed by atoms with Crippen LogP contribution < -0.4 is 0 Å². The molecule has 1 aromatic heterocycles. The first kappa shape index (κ1) is 10.8. The molecule has 0 N–H and O–H groups in total. The number of imidazole rings is 1. The van der Waals surface area contributed by atoms with Gasteiger partial charge in [-0.05, 0) is 13.3 Å². The van der Waals surface area contributed by atoms with Gasteiger partial charge in [0.15, 0.2) is 0 Å². The van der Waals surface area contributed by atoms with Crippen molar-refractivity contribution in [1.29, 1.82) is 0 Å². The molecule has 4 nitrogen and oxygen atoms in total. The number of methoxy groups -OCH3 is 1. The van der Waals surface area contributed by atoms with Crippen LogP contribution in [0.4, 0.5) is 0 Å². The summed E-state index contributed by atoms with van der Waals surface area (Å²) in [6, 6.07) is -0.288. The van der Waals surface area contributed by atoms with E-state index in [0.29, 0.717) is 0 Å². The third-order valence-corrected chi connectivity index (χ3v) is 2.18. The van der Waals surface area contributed by atoms with Gasteiger partial charge in [-0.1, -0.05) is 6.92 Å². The van der Waals surface area contributed by atoms with Crippen LogP contribution in [0.25, 0.3) is 0 Å². The number of aryl methyl sites for hydroxylation is 1. The molecule has 0 fully saturated rings. The number of carbonyl (C=O) groups excluding carboxylic acids is 1. The Kier molecular flexibility index (Phi) is 3.68. The molecule has 4 heteroatoms. The van der Waals surface area contributed by atoms with Gasteiger partial charge in [0.25, 0.3) is 0 Å². The fraction of sp³-hybridized carbons (Fsp3) is 0.600. The van der Waals surface area contributed by atoms with Gasteiger partial charge in [0.1, 0.15) is 11.9 Å². The maximum absolute atomic E-state index is 11.3. The van der Waals surface area contributed by atoms with Crippen molar-refractivity contribution in [3.63, 3.8) is 0 Å². The number of esters is 1. The first-order valence-electron chi connectivity index (χ1n) is 4.80. The monoisotopic (exact) mass is 196 g/mol. The summed E-state index contributed by atoms with van der Waals surface area (Å²) in [6.45, 7) is 3.90. The number of aromatic nitrogens is 2. The zero-order valence-corrected chi connectivity index (χ0v) is 8.86. The van der Waals surface area contributed by atoms with Crippen LogP contribution in [-0.4, -0.2) is 22.6 Å². The summed E-state index contributed by atoms with van der Waals surface area (Å²) in [5, 5.41) is 0. The maximum Gasteiger partial charge on any atom is 0.328 e. The Balaban J connectivity index is 2.83. The predicted octanol–water partition coefficient (Wildman–Crippen LogP) is 1.57. The minimum absolute atomic E-state index is 0.236. The quantitative estimate of drug-likeness (QED) is 0.686. The lowest BCUT2D eigenvalue weighted by Crippen LogP contribution is -2.19. The minimum Gasteiger partial charge on any atom is -0.467 e. The van der Waals surface area contributed by atoms with Crippen LogP contribution in [0.15, 0.2) is 12.4 Å². The van der Waals surface area contributed by atoms with Gasteiger partial charge in [0, 0.05) is 18.8 Å². The molecule has 0 unspecified atom stereocenters. The Morgan fingerprint density at radius 3 is 3.00 bits per heavy atom. The number of hydrogen-bond acceptors (Lipinski definition) is 3. The highest BCUT2D eigenvalue weighted by Crippen LogP contribution is 2.11. The molecule has 0 aliphatic carbocycles. The van der Waals surface area contributed by atoms with E-state index in [9.17, 15) is 4.79 Å². The third kappa shape index (κ3) is 2.13. The fourth-order valence-electron chi connectivity index (χ4n) is 1.40. The van der Waals surface area contributed by atoms with Crippen LogP contribution >= 0.6 is 0 Å². The zero-order chi connectivity index (χ0) is 10.6. The molecule has 0 aromatic carbocycles. The van der Waals surface area contributed by atoms with Crippen molar-refractivity contribution in [2.45, 2.75) is 32.7 Å². The van der Waals surface area contributed by atoms with Crippen LogP contribution in [0.1, 0.15) is 32.1 Å². The van der Waals surface area contributed by atoms with Crippen molar-refractivity contribution in [1.82, 2.24) is 9.55 Å². The second kappa shape index (κ2) is 4.79. The highest BCUT2D eigenvalue weighted by Gasteiger charge is 2.17. The second-order valence-electron chi connectivity index (χ2n) is 3.20. The van der Waals surface area contributed by atoms with Crippen LogP contribution in [0.5, 0.6) is 0 Å². The number of carbonyl (C=O) groups is 1. The van der Waals surface area contributed by atoms with Crippen LogP contribution in [0, 0.1) is 0 Å². The highest BCUT2D eigenvalue weighted by atomic mass is 16.5. The first-order valence-corrected chi connectivity index (χ1v) is 4.80. The van der Waals surface area contributed by atoms with Crippen molar-refractivity contribution < 1.29 is 9.53 Å². The van der Waals surface area contributed by atoms with Crippen molar-refractivity contribution in [2.24, 2.45) is 0 Å². The SMILES string of the molecule is CCCc1nccn1[C@H](C)C(=O)OC. The van der Waals surface area contributed by atoms with E-state index < -0.39 is 0 Å². The van der Waals surface area contributed by atoms with E-state index >= 15 is 0 Å². The van der Waals surface area contributed by atoms with Gasteiger partial charge in [0.05, 0.1) is 7.11 Å². The fourth-order valence-corrected chi connectivity index (χ4v) is 1.40. The van der Waals surface area contributed by atoms with Gasteiger partial charge in [0.2, 0.25) is 0 Å². The summed E-state index contributed by atoms with van der Waals surface area (Å²) in [6.07, 6.45) is 5.43. The summed E-state index contributed by atoms with van der Waals surface area (Å²) in [5.74, 6) is 0.700. The molecular formula is C10H16N2O2. The van der Waals surface area contributed by atoms with Crippen molar-refractivity contribution in [3.8, 4) is 0 Å². The predicted molar refractivity (Wildman–Crippen MR) is 52.9 cm³/mol. The van der Waals surface area contributed by atoms with Gasteiger partial charge >= 0.3 is 5.97 Å². The summed E-state index contributed by atoms with van der Waals surface area (Å²) < 4.78 is 6.54. The minimum atomic E-state index is -0.288. The van der Waals surface area contributed by atoms with Gasteiger partial charge in [-0.2, -0.15) is 0 Å². The molecule has 1 heterocycles. The van der Waals surface area contributed by atoms with Crippen molar-refractivity contribution in [2.75, 3.05) is 7.11 Å². The Bertz CT molecular complexity index is 307. The van der Waals surface area contributed by atoms with Crippen LogP contribution in [0.2, 0.25) is 0 Å². The van der Waals surface area contributed by atoms with Gasteiger partial charge < -0.3 is 9.30 Å². The number of rotatable bonds is 4. The number of ether oxygens (including phenoxy) is 1. The highest BCUT2D eigenvalue weighted by molar-refractivity contribution is 5.73. The molecule has 78 valence electrons.